The molecule has 0 fully saturated rings. The zero-order valence-corrected chi connectivity index (χ0v) is 39.9. The third-order valence-electron chi connectivity index (χ3n) is 10.7. The Morgan fingerprint density at radius 3 is 1.62 bits per heavy atom. The van der Waals surface area contributed by atoms with Crippen molar-refractivity contribution in [3.8, 4) is 5.75 Å². The Morgan fingerprint density at radius 2 is 1.10 bits per heavy atom. The van der Waals surface area contributed by atoms with Crippen LogP contribution in [0.5, 0.6) is 5.75 Å². The van der Waals surface area contributed by atoms with Crippen molar-refractivity contribution >= 4 is 59.6 Å². The lowest BCUT2D eigenvalue weighted by molar-refractivity contribution is -0.135. The van der Waals surface area contributed by atoms with Crippen molar-refractivity contribution in [2.24, 2.45) is 50.5 Å². The Morgan fingerprint density at radius 1 is 0.609 bits per heavy atom. The molecule has 2 rings (SSSR count). The average Bonchev–Trinajstić information content (AvgIpc) is 3.30. The minimum Gasteiger partial charge on any atom is -0.508 e. The van der Waals surface area contributed by atoms with Crippen LogP contribution in [0.1, 0.15) is 77.3 Å². The number of aldehydes is 1. The highest BCUT2D eigenvalue weighted by Crippen LogP contribution is 2.13. The SMILES string of the molecule is CC[C@H](C)[C@@H](C=O)NC(=O)[C@H](CCCN=C(N)N)NC(=O)[C@H](CCCN=C(N)N)NC(=O)[C@H](CC(C)C)NC(=O)[C@H](Cc1ccccc1)NC(=O)CNC(=O)CNC(=O)[C@@H](N)Cc1ccc(O)cc1. The van der Waals surface area contributed by atoms with E-state index in [1.165, 1.54) is 12.1 Å². The quantitative estimate of drug-likeness (QED) is 0.0162. The Labute approximate surface area is 402 Å². The first-order chi connectivity index (χ1) is 32.7. The summed E-state index contributed by atoms with van der Waals surface area (Å²) >= 11 is 0. The van der Waals surface area contributed by atoms with Crippen LogP contribution in [-0.4, -0.2) is 127 Å². The van der Waals surface area contributed by atoms with Gasteiger partial charge in [0.1, 0.15) is 36.2 Å². The number of carbonyl (C=O) groups is 8. The number of hydrogen-bond acceptors (Lipinski definition) is 12. The van der Waals surface area contributed by atoms with Crippen LogP contribution >= 0.6 is 0 Å². The number of amides is 7. The van der Waals surface area contributed by atoms with E-state index in [-0.39, 0.29) is 87.5 Å². The number of nitrogens with two attached hydrogens (primary N) is 5. The lowest BCUT2D eigenvalue weighted by Crippen LogP contribution is -2.59. The summed E-state index contributed by atoms with van der Waals surface area (Å²) in [6.07, 6.45) is 1.98. The third-order valence-corrected chi connectivity index (χ3v) is 10.7. The molecule has 0 saturated heterocycles. The molecule has 0 spiro atoms. The zero-order valence-electron chi connectivity index (χ0n) is 39.9. The van der Waals surface area contributed by atoms with Crippen LogP contribution in [0.4, 0.5) is 0 Å². The predicted octanol–water partition coefficient (Wildman–Crippen LogP) is -2.44. The number of aromatic hydroxyl groups is 1. The number of rotatable bonds is 31. The van der Waals surface area contributed by atoms with Gasteiger partial charge in [-0.25, -0.2) is 0 Å². The van der Waals surface area contributed by atoms with Gasteiger partial charge >= 0.3 is 0 Å². The second-order valence-electron chi connectivity index (χ2n) is 17.0. The molecule has 0 unspecified atom stereocenters. The van der Waals surface area contributed by atoms with E-state index in [0.717, 1.165) is 0 Å². The molecule has 2 aromatic carbocycles. The molecule has 0 saturated carbocycles. The number of carbonyl (C=O) groups excluding carboxylic acids is 8. The topological polar surface area (TPSA) is 396 Å². The van der Waals surface area contributed by atoms with Gasteiger partial charge in [0.25, 0.3) is 0 Å². The van der Waals surface area contributed by atoms with Crippen molar-refractivity contribution in [3.05, 3.63) is 65.7 Å². The number of benzene rings is 2. The molecule has 0 aromatic heterocycles. The van der Waals surface area contributed by atoms with Crippen molar-refractivity contribution in [2.75, 3.05) is 26.2 Å². The number of nitrogens with one attached hydrogen (secondary N) is 7. The summed E-state index contributed by atoms with van der Waals surface area (Å²) in [6, 6.07) is 8.13. The number of nitrogens with zero attached hydrogens (tertiary/aromatic N) is 2. The van der Waals surface area contributed by atoms with Gasteiger partial charge in [-0.1, -0.05) is 76.6 Å². The maximum absolute atomic E-state index is 14.2. The van der Waals surface area contributed by atoms with E-state index in [1.54, 1.807) is 49.4 Å². The van der Waals surface area contributed by atoms with E-state index < -0.39 is 90.7 Å². The van der Waals surface area contributed by atoms with E-state index >= 15 is 0 Å². The first-order valence-corrected chi connectivity index (χ1v) is 22.9. The molecule has 23 nitrogen and oxygen atoms in total. The number of aliphatic imine (C=N–C) groups is 2. The maximum atomic E-state index is 14.2. The summed E-state index contributed by atoms with van der Waals surface area (Å²) in [5, 5.41) is 27.8. The second kappa shape index (κ2) is 30.9. The van der Waals surface area contributed by atoms with Gasteiger partial charge in [0.15, 0.2) is 11.9 Å². The lowest BCUT2D eigenvalue weighted by atomic mass is 9.99. The molecule has 7 amide bonds. The van der Waals surface area contributed by atoms with Crippen molar-refractivity contribution < 1.29 is 43.5 Å². The summed E-state index contributed by atoms with van der Waals surface area (Å²) in [6.45, 7) is 6.48. The summed E-state index contributed by atoms with van der Waals surface area (Å²) in [7, 11) is 0. The Hall–Kier alpha value is -7.30. The van der Waals surface area contributed by atoms with Crippen LogP contribution in [-0.2, 0) is 51.2 Å². The first-order valence-electron chi connectivity index (χ1n) is 22.9. The van der Waals surface area contributed by atoms with E-state index in [9.17, 15) is 43.5 Å². The van der Waals surface area contributed by atoms with Crippen molar-refractivity contribution in [3.63, 3.8) is 0 Å². The maximum Gasteiger partial charge on any atom is 0.243 e. The van der Waals surface area contributed by atoms with Crippen LogP contribution in [0.3, 0.4) is 0 Å². The fourth-order valence-corrected chi connectivity index (χ4v) is 6.72. The van der Waals surface area contributed by atoms with Gasteiger partial charge in [-0.3, -0.25) is 43.5 Å². The van der Waals surface area contributed by atoms with Crippen molar-refractivity contribution in [1.82, 2.24) is 37.2 Å². The molecule has 23 heteroatoms. The lowest BCUT2D eigenvalue weighted by Gasteiger charge is -2.28. The highest BCUT2D eigenvalue weighted by atomic mass is 16.3. The van der Waals surface area contributed by atoms with Crippen LogP contribution in [0.2, 0.25) is 0 Å². The summed E-state index contributed by atoms with van der Waals surface area (Å²) in [4.78, 5) is 114. The van der Waals surface area contributed by atoms with Gasteiger partial charge in [-0.05, 0) is 73.6 Å². The van der Waals surface area contributed by atoms with Gasteiger partial charge in [-0.15, -0.1) is 0 Å². The van der Waals surface area contributed by atoms with Gasteiger partial charge in [0.05, 0.1) is 25.2 Å². The molecule has 380 valence electrons. The van der Waals surface area contributed by atoms with E-state index in [4.69, 9.17) is 28.7 Å². The van der Waals surface area contributed by atoms with E-state index in [1.807, 2.05) is 20.8 Å². The molecule has 18 N–H and O–H groups in total. The largest absolute Gasteiger partial charge is 0.508 e. The van der Waals surface area contributed by atoms with Crippen LogP contribution in [0, 0.1) is 11.8 Å². The van der Waals surface area contributed by atoms with Crippen LogP contribution in [0.25, 0.3) is 0 Å². The predicted molar refractivity (Wildman–Crippen MR) is 260 cm³/mol. The minimum absolute atomic E-state index is 0.00241. The number of hydrogen-bond donors (Lipinski definition) is 13. The molecular weight excluding hydrogens is 893 g/mol. The summed E-state index contributed by atoms with van der Waals surface area (Å²) in [5.41, 5.74) is 29.3. The fourth-order valence-electron chi connectivity index (χ4n) is 6.72. The van der Waals surface area contributed by atoms with Crippen molar-refractivity contribution in [2.45, 2.75) is 115 Å². The van der Waals surface area contributed by atoms with E-state index in [2.05, 4.69) is 47.2 Å². The van der Waals surface area contributed by atoms with Gasteiger partial charge in [0.2, 0.25) is 41.4 Å². The molecule has 0 aliphatic carbocycles. The molecule has 0 heterocycles. The monoisotopic (exact) mass is 965 g/mol. The smallest absolute Gasteiger partial charge is 0.243 e. The molecule has 0 radical (unpaired) electrons. The Kier molecular flexibility index (Phi) is 25.9. The fraction of sp³-hybridized carbons (Fsp3) is 0.522. The number of phenols is 1. The first kappa shape index (κ1) is 57.8. The molecule has 69 heavy (non-hydrogen) atoms. The minimum atomic E-state index is -1.27. The third kappa shape index (κ3) is 23.3. The zero-order chi connectivity index (χ0) is 51.5. The molecule has 0 aliphatic heterocycles. The van der Waals surface area contributed by atoms with E-state index in [0.29, 0.717) is 23.8 Å². The summed E-state index contributed by atoms with van der Waals surface area (Å²) < 4.78 is 0. The molecule has 2 aromatic rings. The average molecular weight is 965 g/mol. The highest BCUT2D eigenvalue weighted by molar-refractivity contribution is 5.96. The molecular formula is C46H72N14O9. The normalized spacial score (nSPS) is 13.9. The summed E-state index contributed by atoms with van der Waals surface area (Å²) in [5.74, 6) is -5.60. The van der Waals surface area contributed by atoms with Gasteiger partial charge < -0.3 is 75.8 Å². The van der Waals surface area contributed by atoms with Crippen LogP contribution < -0.4 is 65.9 Å². The standard InChI is InChI=1S/C46H72N14O9/c1-5-28(4)37(26-61)60-42(67)34(14-10-20-53-46(50)51)57-41(66)33(13-9-19-52-45(48)49)58-43(68)35(21-27(2)3)59-44(69)36(23-29-11-7-6-8-12-29)56-39(64)25-54-38(63)24-55-40(65)32(47)22-30-15-17-31(62)18-16-30/h6-8,11-12,15-18,26-28,32-37,62H,5,9-10,13-14,19-25,47H2,1-4H3,(H,54,63)(H,55,65)(H,56,64)(H,57,66)(H,58,68)(H,59,69)(H,60,67)(H4,48,49,52)(H4,50,51,53)/t28-,32-,33-,34-,35-,36-,37+/m0/s1. The Balaban J connectivity index is 2.27. The molecule has 7 atom stereocenters. The molecule has 0 bridgehead atoms. The number of guanidine groups is 2. The Bertz CT molecular complexity index is 2050. The van der Waals surface area contributed by atoms with Gasteiger partial charge in [-0.2, -0.15) is 0 Å². The molecule has 0 aliphatic rings. The van der Waals surface area contributed by atoms with Crippen molar-refractivity contribution in [1.29, 1.82) is 0 Å². The number of phenolic OH excluding ortho intramolecular Hbond substituents is 1. The second-order valence-corrected chi connectivity index (χ2v) is 17.0. The van der Waals surface area contributed by atoms with Gasteiger partial charge in [0, 0.05) is 19.5 Å². The highest BCUT2D eigenvalue weighted by Gasteiger charge is 2.33. The van der Waals surface area contributed by atoms with Crippen LogP contribution in [0.15, 0.2) is 64.6 Å².